The molecule has 2 N–H and O–H groups in total. The third kappa shape index (κ3) is 3.19. The largest absolute Gasteiger partial charge is 0.329 e. The summed E-state index contributed by atoms with van der Waals surface area (Å²) in [5, 5.41) is 0. The lowest BCUT2D eigenvalue weighted by atomic mass is 9.97. The van der Waals surface area contributed by atoms with Gasteiger partial charge >= 0.3 is 0 Å². The van der Waals surface area contributed by atoms with E-state index in [-0.39, 0.29) is 4.75 Å². The summed E-state index contributed by atoms with van der Waals surface area (Å²) in [6, 6.07) is 0. The molecule has 7 heteroatoms. The van der Waals surface area contributed by atoms with Gasteiger partial charge < -0.3 is 5.73 Å². The zero-order chi connectivity index (χ0) is 13.8. The number of piperidine rings is 1. The van der Waals surface area contributed by atoms with E-state index in [4.69, 9.17) is 5.73 Å². The summed E-state index contributed by atoms with van der Waals surface area (Å²) in [4.78, 5) is 0. The lowest BCUT2D eigenvalue weighted by molar-refractivity contribution is 0.278. The summed E-state index contributed by atoms with van der Waals surface area (Å²) in [6.45, 7) is 6.58. The van der Waals surface area contributed by atoms with Crippen molar-refractivity contribution in [2.24, 2.45) is 5.73 Å². The van der Waals surface area contributed by atoms with Gasteiger partial charge in [0.1, 0.15) is 0 Å². The molecule has 0 atom stereocenters. The van der Waals surface area contributed by atoms with E-state index in [0.717, 1.165) is 12.8 Å². The van der Waals surface area contributed by atoms with Crippen LogP contribution in [0.3, 0.4) is 0 Å². The Kier molecular flexibility index (Phi) is 5.92. The lowest BCUT2D eigenvalue weighted by Gasteiger charge is -2.40. The number of thioether (sulfide) groups is 1. The van der Waals surface area contributed by atoms with Gasteiger partial charge in [-0.25, -0.2) is 0 Å². The van der Waals surface area contributed by atoms with E-state index in [1.807, 2.05) is 13.8 Å². The fraction of sp³-hybridized carbons (Fsp3) is 1.00. The predicted molar refractivity (Wildman–Crippen MR) is 77.9 cm³/mol. The highest BCUT2D eigenvalue weighted by Gasteiger charge is 2.38. The maximum absolute atomic E-state index is 12.3. The van der Waals surface area contributed by atoms with Crippen LogP contribution in [0.1, 0.15) is 26.7 Å². The molecule has 1 fully saturated rings. The summed E-state index contributed by atoms with van der Waals surface area (Å²) < 4.78 is 27.9. The zero-order valence-electron chi connectivity index (χ0n) is 11.6. The quantitative estimate of drug-likeness (QED) is 0.784. The molecular weight excluding hydrogens is 270 g/mol. The Morgan fingerprint density at radius 3 is 2.11 bits per heavy atom. The molecule has 0 bridgehead atoms. The molecule has 0 aliphatic carbocycles. The molecule has 0 aromatic rings. The first-order chi connectivity index (χ1) is 8.45. The van der Waals surface area contributed by atoms with Crippen LogP contribution in [0.25, 0.3) is 0 Å². The summed E-state index contributed by atoms with van der Waals surface area (Å²) in [5.41, 5.74) is 5.82. The van der Waals surface area contributed by atoms with Gasteiger partial charge in [-0.2, -0.15) is 28.8 Å². The van der Waals surface area contributed by atoms with Crippen molar-refractivity contribution in [1.82, 2.24) is 8.61 Å². The van der Waals surface area contributed by atoms with Gasteiger partial charge in [0.15, 0.2) is 0 Å². The van der Waals surface area contributed by atoms with Crippen molar-refractivity contribution in [3.05, 3.63) is 0 Å². The number of rotatable bonds is 6. The Bertz CT molecular complexity index is 341. The zero-order valence-corrected chi connectivity index (χ0v) is 13.2. The number of hydrogen-bond donors (Lipinski definition) is 1. The second-order valence-corrected chi connectivity index (χ2v) is 7.79. The molecule has 1 aliphatic rings. The molecule has 0 saturated carbocycles. The molecule has 0 aromatic heterocycles. The van der Waals surface area contributed by atoms with Crippen LogP contribution in [0.5, 0.6) is 0 Å². The minimum Gasteiger partial charge on any atom is -0.329 e. The molecule has 0 amide bonds. The van der Waals surface area contributed by atoms with Crippen LogP contribution in [0.15, 0.2) is 0 Å². The normalized spacial score (nSPS) is 21.4. The molecule has 1 aliphatic heterocycles. The van der Waals surface area contributed by atoms with Crippen LogP contribution >= 0.6 is 11.8 Å². The highest BCUT2D eigenvalue weighted by molar-refractivity contribution is 8.00. The lowest BCUT2D eigenvalue weighted by Crippen LogP contribution is -2.52. The van der Waals surface area contributed by atoms with Gasteiger partial charge in [0.2, 0.25) is 0 Å². The average molecular weight is 295 g/mol. The maximum atomic E-state index is 12.3. The summed E-state index contributed by atoms with van der Waals surface area (Å²) in [7, 11) is -3.27. The highest BCUT2D eigenvalue weighted by atomic mass is 32.2. The van der Waals surface area contributed by atoms with Crippen molar-refractivity contribution in [2.75, 3.05) is 39.0 Å². The molecule has 0 radical (unpaired) electrons. The van der Waals surface area contributed by atoms with Crippen LogP contribution in [0.4, 0.5) is 0 Å². The molecule has 108 valence electrons. The van der Waals surface area contributed by atoms with Gasteiger partial charge in [-0.05, 0) is 19.1 Å². The predicted octanol–water partition coefficient (Wildman–Crippen LogP) is 0.729. The molecule has 18 heavy (non-hydrogen) atoms. The monoisotopic (exact) mass is 295 g/mol. The number of hydrogen-bond acceptors (Lipinski definition) is 4. The second kappa shape index (κ2) is 6.56. The van der Waals surface area contributed by atoms with E-state index in [2.05, 4.69) is 6.26 Å². The Balaban J connectivity index is 2.73. The molecule has 0 unspecified atom stereocenters. The smallest absolute Gasteiger partial charge is 0.281 e. The molecular formula is C11H25N3O2S2. The van der Waals surface area contributed by atoms with Crippen molar-refractivity contribution in [3.63, 3.8) is 0 Å². The van der Waals surface area contributed by atoms with E-state index in [1.165, 1.54) is 4.31 Å². The molecule has 1 heterocycles. The van der Waals surface area contributed by atoms with Crippen LogP contribution in [-0.2, 0) is 10.2 Å². The summed E-state index contributed by atoms with van der Waals surface area (Å²) >= 11 is 1.77. The molecule has 5 nitrogen and oxygen atoms in total. The molecule has 0 spiro atoms. The highest BCUT2D eigenvalue weighted by Crippen LogP contribution is 2.34. The molecule has 1 rings (SSSR count). The Hall–Kier alpha value is 0.180. The van der Waals surface area contributed by atoms with Crippen LogP contribution in [0, 0.1) is 0 Å². The van der Waals surface area contributed by atoms with Crippen molar-refractivity contribution in [2.45, 2.75) is 31.4 Å². The summed E-state index contributed by atoms with van der Waals surface area (Å²) in [6.07, 6.45) is 3.73. The standard InChI is InChI=1S/C11H25N3O2S2/c1-4-13(5-2)18(15,16)14-8-6-11(10-12,17-3)7-9-14/h4-10,12H2,1-3H3. The van der Waals surface area contributed by atoms with Gasteiger partial charge in [-0.3, -0.25) is 0 Å². The van der Waals surface area contributed by atoms with Gasteiger partial charge in [-0.15, -0.1) is 0 Å². The topological polar surface area (TPSA) is 66.6 Å². The van der Waals surface area contributed by atoms with Crippen LogP contribution in [0.2, 0.25) is 0 Å². The molecule has 1 saturated heterocycles. The van der Waals surface area contributed by atoms with Gasteiger partial charge in [0.05, 0.1) is 0 Å². The minimum atomic E-state index is -3.27. The third-order valence-corrected chi connectivity index (χ3v) is 7.42. The van der Waals surface area contributed by atoms with Crippen molar-refractivity contribution in [3.8, 4) is 0 Å². The van der Waals surface area contributed by atoms with E-state index in [1.54, 1.807) is 16.1 Å². The van der Waals surface area contributed by atoms with E-state index >= 15 is 0 Å². The van der Waals surface area contributed by atoms with Crippen LogP contribution < -0.4 is 5.73 Å². The second-order valence-electron chi connectivity index (χ2n) is 4.58. The molecule has 0 aromatic carbocycles. The first-order valence-corrected chi connectivity index (χ1v) is 9.08. The average Bonchev–Trinajstić information content (AvgIpc) is 2.40. The fourth-order valence-corrected chi connectivity index (χ4v) is 4.71. The van der Waals surface area contributed by atoms with E-state index < -0.39 is 10.2 Å². The van der Waals surface area contributed by atoms with Gasteiger partial charge in [0.25, 0.3) is 10.2 Å². The minimum absolute atomic E-state index is 0.0648. The Morgan fingerprint density at radius 2 is 1.78 bits per heavy atom. The third-order valence-electron chi connectivity index (χ3n) is 3.80. The van der Waals surface area contributed by atoms with Gasteiger partial charge in [-0.1, -0.05) is 13.8 Å². The van der Waals surface area contributed by atoms with Gasteiger partial charge in [0, 0.05) is 37.5 Å². The Labute approximate surface area is 115 Å². The van der Waals surface area contributed by atoms with E-state index in [0.29, 0.717) is 32.7 Å². The maximum Gasteiger partial charge on any atom is 0.281 e. The van der Waals surface area contributed by atoms with Crippen LogP contribution in [-0.4, -0.2) is 60.8 Å². The fourth-order valence-electron chi connectivity index (χ4n) is 2.33. The Morgan fingerprint density at radius 1 is 1.28 bits per heavy atom. The SMILES string of the molecule is CCN(CC)S(=O)(=O)N1CCC(CN)(SC)CC1. The number of nitrogens with zero attached hydrogens (tertiary/aromatic N) is 2. The van der Waals surface area contributed by atoms with Crippen molar-refractivity contribution < 1.29 is 8.42 Å². The number of nitrogens with two attached hydrogens (primary N) is 1. The first-order valence-electron chi connectivity index (χ1n) is 6.46. The first kappa shape index (κ1) is 16.2. The summed E-state index contributed by atoms with van der Waals surface area (Å²) in [5.74, 6) is 0. The van der Waals surface area contributed by atoms with Crippen molar-refractivity contribution in [1.29, 1.82) is 0 Å². The van der Waals surface area contributed by atoms with Crippen molar-refractivity contribution >= 4 is 22.0 Å². The van der Waals surface area contributed by atoms with E-state index in [9.17, 15) is 8.42 Å².